The number of morpholine rings is 1. The van der Waals surface area contributed by atoms with E-state index in [1.54, 1.807) is 0 Å². The van der Waals surface area contributed by atoms with Crippen LogP contribution in [0.25, 0.3) is 0 Å². The monoisotopic (exact) mass is 201 g/mol. The van der Waals surface area contributed by atoms with Gasteiger partial charge in [-0.15, -0.1) is 0 Å². The van der Waals surface area contributed by atoms with Gasteiger partial charge in [-0.3, -0.25) is 0 Å². The van der Waals surface area contributed by atoms with Crippen molar-refractivity contribution in [2.75, 3.05) is 32.9 Å². The van der Waals surface area contributed by atoms with Crippen LogP contribution < -0.4 is 5.32 Å². The van der Waals surface area contributed by atoms with E-state index >= 15 is 0 Å². The van der Waals surface area contributed by atoms with Crippen molar-refractivity contribution < 1.29 is 14.2 Å². The van der Waals surface area contributed by atoms with E-state index in [4.69, 9.17) is 14.2 Å². The number of hydrogen-bond acceptors (Lipinski definition) is 4. The Labute approximate surface area is 84.9 Å². The molecule has 2 heterocycles. The van der Waals surface area contributed by atoms with E-state index < -0.39 is 0 Å². The third kappa shape index (κ3) is 2.92. The molecule has 2 aliphatic rings. The van der Waals surface area contributed by atoms with E-state index in [0.29, 0.717) is 12.7 Å². The van der Waals surface area contributed by atoms with Gasteiger partial charge in [0.15, 0.2) is 0 Å². The Kier molecular flexibility index (Phi) is 3.75. The van der Waals surface area contributed by atoms with Crippen LogP contribution in [-0.2, 0) is 14.2 Å². The molecule has 3 unspecified atom stereocenters. The van der Waals surface area contributed by atoms with Crippen molar-refractivity contribution in [1.82, 2.24) is 5.32 Å². The summed E-state index contributed by atoms with van der Waals surface area (Å²) in [6.07, 6.45) is 1.82. The van der Waals surface area contributed by atoms with Gasteiger partial charge >= 0.3 is 0 Å². The van der Waals surface area contributed by atoms with E-state index in [0.717, 1.165) is 32.7 Å². The minimum atomic E-state index is 0.208. The van der Waals surface area contributed by atoms with Crippen LogP contribution in [0, 0.1) is 0 Å². The Morgan fingerprint density at radius 2 is 2.36 bits per heavy atom. The molecule has 2 aliphatic heterocycles. The summed E-state index contributed by atoms with van der Waals surface area (Å²) >= 11 is 0. The maximum absolute atomic E-state index is 5.72. The maximum atomic E-state index is 5.72. The van der Waals surface area contributed by atoms with Gasteiger partial charge < -0.3 is 19.5 Å². The summed E-state index contributed by atoms with van der Waals surface area (Å²) in [5, 5.41) is 3.32. The fraction of sp³-hybridized carbons (Fsp3) is 1.00. The van der Waals surface area contributed by atoms with Crippen molar-refractivity contribution in [1.29, 1.82) is 0 Å². The zero-order valence-electron chi connectivity index (χ0n) is 8.70. The molecule has 0 aromatic heterocycles. The molecule has 14 heavy (non-hydrogen) atoms. The number of ether oxygens (including phenoxy) is 3. The largest absolute Gasteiger partial charge is 0.379 e. The number of hydrogen-bond donors (Lipinski definition) is 1. The Bertz CT molecular complexity index is 171. The normalized spacial score (nSPS) is 38.8. The van der Waals surface area contributed by atoms with Crippen molar-refractivity contribution in [2.24, 2.45) is 0 Å². The minimum absolute atomic E-state index is 0.208. The second-order valence-corrected chi connectivity index (χ2v) is 4.05. The zero-order chi connectivity index (χ0) is 9.80. The molecular weight excluding hydrogens is 182 g/mol. The Morgan fingerprint density at radius 3 is 3.07 bits per heavy atom. The molecule has 0 amide bonds. The van der Waals surface area contributed by atoms with E-state index in [1.165, 1.54) is 0 Å². The molecule has 4 heteroatoms. The molecule has 0 bridgehead atoms. The molecule has 0 radical (unpaired) electrons. The summed E-state index contributed by atoms with van der Waals surface area (Å²) in [5.74, 6) is 0. The number of nitrogens with one attached hydrogen (secondary N) is 1. The summed E-state index contributed by atoms with van der Waals surface area (Å²) in [5.41, 5.74) is 0. The van der Waals surface area contributed by atoms with Crippen LogP contribution in [-0.4, -0.2) is 51.2 Å². The van der Waals surface area contributed by atoms with Crippen molar-refractivity contribution in [3.05, 3.63) is 0 Å². The molecule has 0 saturated carbocycles. The zero-order valence-corrected chi connectivity index (χ0v) is 8.70. The summed E-state index contributed by atoms with van der Waals surface area (Å²) in [7, 11) is 0. The maximum Gasteiger partial charge on any atom is 0.0936 e. The SMILES string of the molecule is CC1CNCC(COC2CCOC2)O1. The standard InChI is InChI=1S/C10H19NO3/c1-8-4-11-5-10(14-8)7-13-9-2-3-12-6-9/h8-11H,2-7H2,1H3. The predicted molar refractivity (Wildman–Crippen MR) is 52.4 cm³/mol. The van der Waals surface area contributed by atoms with Crippen LogP contribution in [0.1, 0.15) is 13.3 Å². The third-order valence-corrected chi connectivity index (χ3v) is 2.63. The van der Waals surface area contributed by atoms with Gasteiger partial charge in [-0.1, -0.05) is 0 Å². The second-order valence-electron chi connectivity index (χ2n) is 4.05. The van der Waals surface area contributed by atoms with Crippen molar-refractivity contribution in [3.63, 3.8) is 0 Å². The second kappa shape index (κ2) is 5.07. The lowest BCUT2D eigenvalue weighted by atomic mass is 10.2. The highest BCUT2D eigenvalue weighted by molar-refractivity contribution is 4.72. The van der Waals surface area contributed by atoms with Gasteiger partial charge in [0, 0.05) is 19.7 Å². The smallest absolute Gasteiger partial charge is 0.0936 e. The van der Waals surface area contributed by atoms with Crippen molar-refractivity contribution in [2.45, 2.75) is 31.7 Å². The molecule has 2 rings (SSSR count). The average molecular weight is 201 g/mol. The number of rotatable bonds is 3. The first-order valence-electron chi connectivity index (χ1n) is 5.40. The van der Waals surface area contributed by atoms with Gasteiger partial charge in [0.2, 0.25) is 0 Å². The summed E-state index contributed by atoms with van der Waals surface area (Å²) < 4.78 is 16.7. The minimum Gasteiger partial charge on any atom is -0.379 e. The van der Waals surface area contributed by atoms with Crippen molar-refractivity contribution >= 4 is 0 Å². The molecule has 1 N–H and O–H groups in total. The molecular formula is C10H19NO3. The Morgan fingerprint density at radius 1 is 1.43 bits per heavy atom. The lowest BCUT2D eigenvalue weighted by molar-refractivity contribution is -0.0847. The molecule has 0 aromatic rings. The van der Waals surface area contributed by atoms with Crippen LogP contribution >= 0.6 is 0 Å². The summed E-state index contributed by atoms with van der Waals surface area (Å²) in [4.78, 5) is 0. The fourth-order valence-corrected chi connectivity index (χ4v) is 1.86. The molecule has 82 valence electrons. The fourth-order valence-electron chi connectivity index (χ4n) is 1.86. The first kappa shape index (κ1) is 10.4. The van der Waals surface area contributed by atoms with Crippen LogP contribution in [0.4, 0.5) is 0 Å². The molecule has 3 atom stereocenters. The van der Waals surface area contributed by atoms with Crippen molar-refractivity contribution in [3.8, 4) is 0 Å². The van der Waals surface area contributed by atoms with Crippen LogP contribution in [0.15, 0.2) is 0 Å². The average Bonchev–Trinajstić information content (AvgIpc) is 2.67. The Balaban J connectivity index is 1.64. The lowest BCUT2D eigenvalue weighted by Gasteiger charge is -2.29. The van der Waals surface area contributed by atoms with E-state index in [9.17, 15) is 0 Å². The highest BCUT2D eigenvalue weighted by Crippen LogP contribution is 2.10. The Hall–Kier alpha value is -0.160. The van der Waals surface area contributed by atoms with Gasteiger partial charge in [-0.25, -0.2) is 0 Å². The highest BCUT2D eigenvalue weighted by atomic mass is 16.6. The van der Waals surface area contributed by atoms with Gasteiger partial charge in [-0.2, -0.15) is 0 Å². The molecule has 0 aliphatic carbocycles. The van der Waals surface area contributed by atoms with Gasteiger partial charge in [0.05, 0.1) is 31.5 Å². The van der Waals surface area contributed by atoms with Crippen LogP contribution in [0.2, 0.25) is 0 Å². The van der Waals surface area contributed by atoms with Crippen LogP contribution in [0.3, 0.4) is 0 Å². The van der Waals surface area contributed by atoms with Crippen LogP contribution in [0.5, 0.6) is 0 Å². The molecule has 2 saturated heterocycles. The van der Waals surface area contributed by atoms with Gasteiger partial charge in [-0.05, 0) is 13.3 Å². The topological polar surface area (TPSA) is 39.7 Å². The third-order valence-electron chi connectivity index (χ3n) is 2.63. The van der Waals surface area contributed by atoms with E-state index in [-0.39, 0.29) is 12.2 Å². The van der Waals surface area contributed by atoms with Gasteiger partial charge in [0.1, 0.15) is 0 Å². The molecule has 0 aromatic carbocycles. The van der Waals surface area contributed by atoms with Gasteiger partial charge in [0.25, 0.3) is 0 Å². The van der Waals surface area contributed by atoms with E-state index in [2.05, 4.69) is 12.2 Å². The first-order chi connectivity index (χ1) is 6.84. The molecule has 2 fully saturated rings. The molecule has 4 nitrogen and oxygen atoms in total. The molecule has 0 spiro atoms. The lowest BCUT2D eigenvalue weighted by Crippen LogP contribution is -2.45. The predicted octanol–water partition coefficient (Wildman–Crippen LogP) is 0.169. The first-order valence-corrected chi connectivity index (χ1v) is 5.40. The summed E-state index contributed by atoms with van der Waals surface area (Å²) in [6.45, 7) is 6.20. The summed E-state index contributed by atoms with van der Waals surface area (Å²) in [6, 6.07) is 0. The quantitative estimate of drug-likeness (QED) is 0.706. The van der Waals surface area contributed by atoms with E-state index in [1.807, 2.05) is 0 Å². The highest BCUT2D eigenvalue weighted by Gasteiger charge is 2.22.